The van der Waals surface area contributed by atoms with Crippen molar-refractivity contribution in [3.8, 4) is 16.3 Å². The molecule has 0 saturated heterocycles. The molecule has 2 rings (SSSR count). The summed E-state index contributed by atoms with van der Waals surface area (Å²) in [6, 6.07) is 7.56. The van der Waals surface area contributed by atoms with Gasteiger partial charge in [0.05, 0.1) is 18.8 Å². The summed E-state index contributed by atoms with van der Waals surface area (Å²) < 4.78 is 5.31. The van der Waals surface area contributed by atoms with Gasteiger partial charge in [-0.25, -0.2) is 4.98 Å². The zero-order valence-electron chi connectivity index (χ0n) is 12.7. The van der Waals surface area contributed by atoms with Crippen molar-refractivity contribution in [2.45, 2.75) is 25.9 Å². The highest BCUT2D eigenvalue weighted by Crippen LogP contribution is 2.31. The maximum atomic E-state index is 12.0. The average molecular weight is 320 g/mol. The Hall–Kier alpha value is -1.92. The van der Waals surface area contributed by atoms with Crippen molar-refractivity contribution in [3.63, 3.8) is 0 Å². The fraction of sp³-hybridized carbons (Fsp3) is 0.375. The third-order valence-corrected chi connectivity index (χ3v) is 4.07. The third kappa shape index (κ3) is 4.05. The van der Waals surface area contributed by atoms with Crippen LogP contribution >= 0.6 is 11.3 Å². The molecule has 118 valence electrons. The quantitative estimate of drug-likeness (QED) is 0.823. The van der Waals surface area contributed by atoms with E-state index in [1.54, 1.807) is 12.5 Å². The number of benzene rings is 1. The Labute approximate surface area is 134 Å². The van der Waals surface area contributed by atoms with E-state index in [2.05, 4.69) is 10.3 Å². The SMILES string of the molecule is CCCC(O)CNC(=O)c1csc(-c2ccccc2OC)n1. The number of amides is 1. The molecule has 0 saturated carbocycles. The van der Waals surface area contributed by atoms with Gasteiger partial charge in [0.25, 0.3) is 5.91 Å². The number of aliphatic hydroxyl groups is 1. The Bertz CT molecular complexity index is 627. The van der Waals surface area contributed by atoms with Crippen molar-refractivity contribution in [1.29, 1.82) is 0 Å². The van der Waals surface area contributed by atoms with Gasteiger partial charge in [0.2, 0.25) is 0 Å². The summed E-state index contributed by atoms with van der Waals surface area (Å²) in [4.78, 5) is 16.4. The first-order valence-corrected chi connectivity index (χ1v) is 8.08. The van der Waals surface area contributed by atoms with Gasteiger partial charge in [-0.3, -0.25) is 4.79 Å². The van der Waals surface area contributed by atoms with E-state index in [0.717, 1.165) is 22.7 Å². The van der Waals surface area contributed by atoms with E-state index in [-0.39, 0.29) is 12.5 Å². The Morgan fingerprint density at radius 3 is 2.95 bits per heavy atom. The Balaban J connectivity index is 2.06. The van der Waals surface area contributed by atoms with E-state index >= 15 is 0 Å². The number of aliphatic hydroxyl groups excluding tert-OH is 1. The van der Waals surface area contributed by atoms with Crippen molar-refractivity contribution >= 4 is 17.2 Å². The monoisotopic (exact) mass is 320 g/mol. The molecule has 0 aliphatic rings. The molecule has 0 aliphatic carbocycles. The molecule has 1 unspecified atom stereocenters. The van der Waals surface area contributed by atoms with Crippen LogP contribution in [0.1, 0.15) is 30.3 Å². The Kier molecular flexibility index (Phi) is 5.91. The van der Waals surface area contributed by atoms with E-state index in [9.17, 15) is 9.90 Å². The van der Waals surface area contributed by atoms with Crippen LogP contribution in [0, 0.1) is 0 Å². The normalized spacial score (nSPS) is 12.0. The van der Waals surface area contributed by atoms with Gasteiger partial charge in [-0.05, 0) is 18.6 Å². The maximum Gasteiger partial charge on any atom is 0.270 e. The Morgan fingerprint density at radius 2 is 2.23 bits per heavy atom. The number of aromatic nitrogens is 1. The number of para-hydroxylation sites is 1. The number of thiazole rings is 1. The van der Waals surface area contributed by atoms with Crippen molar-refractivity contribution in [1.82, 2.24) is 10.3 Å². The van der Waals surface area contributed by atoms with Crippen molar-refractivity contribution < 1.29 is 14.6 Å². The molecule has 0 spiro atoms. The van der Waals surface area contributed by atoms with Crippen molar-refractivity contribution in [2.75, 3.05) is 13.7 Å². The van der Waals surface area contributed by atoms with Gasteiger partial charge < -0.3 is 15.2 Å². The standard InChI is InChI=1S/C16H20N2O3S/c1-3-6-11(19)9-17-15(20)13-10-22-16(18-13)12-7-4-5-8-14(12)21-2/h4-5,7-8,10-11,19H,3,6,9H2,1-2H3,(H,17,20). The van der Waals surface area contributed by atoms with Crippen LogP contribution < -0.4 is 10.1 Å². The minimum atomic E-state index is -0.513. The van der Waals surface area contributed by atoms with Crippen LogP contribution in [0.15, 0.2) is 29.6 Å². The summed E-state index contributed by atoms with van der Waals surface area (Å²) >= 11 is 1.39. The molecule has 6 heteroatoms. The van der Waals surface area contributed by atoms with Gasteiger partial charge in [-0.1, -0.05) is 25.5 Å². The molecule has 0 bridgehead atoms. The van der Waals surface area contributed by atoms with Gasteiger partial charge >= 0.3 is 0 Å². The molecule has 1 amide bonds. The van der Waals surface area contributed by atoms with Crippen LogP contribution in [0.3, 0.4) is 0 Å². The molecule has 2 aromatic rings. The molecule has 1 atom stereocenters. The number of hydrogen-bond acceptors (Lipinski definition) is 5. The topological polar surface area (TPSA) is 71.5 Å². The van der Waals surface area contributed by atoms with E-state index in [1.165, 1.54) is 11.3 Å². The van der Waals surface area contributed by atoms with Gasteiger partial charge in [-0.2, -0.15) is 0 Å². The summed E-state index contributed by atoms with van der Waals surface area (Å²) in [5.41, 5.74) is 1.22. The summed E-state index contributed by atoms with van der Waals surface area (Å²) in [5, 5.41) is 14.8. The molecule has 0 radical (unpaired) electrons. The van der Waals surface area contributed by atoms with Gasteiger partial charge in [0, 0.05) is 11.9 Å². The van der Waals surface area contributed by atoms with Crippen molar-refractivity contribution in [3.05, 3.63) is 35.3 Å². The molecule has 0 fully saturated rings. The van der Waals surface area contributed by atoms with Crippen LogP contribution in [0.5, 0.6) is 5.75 Å². The number of nitrogens with one attached hydrogen (secondary N) is 1. The highest BCUT2D eigenvalue weighted by atomic mass is 32.1. The zero-order valence-corrected chi connectivity index (χ0v) is 13.5. The molecule has 1 heterocycles. The first-order valence-electron chi connectivity index (χ1n) is 7.20. The number of hydrogen-bond donors (Lipinski definition) is 2. The van der Waals surface area contributed by atoms with Crippen LogP contribution in [-0.2, 0) is 0 Å². The average Bonchev–Trinajstić information content (AvgIpc) is 3.02. The summed E-state index contributed by atoms with van der Waals surface area (Å²) in [7, 11) is 1.61. The molecule has 0 aliphatic heterocycles. The molecule has 5 nitrogen and oxygen atoms in total. The molecule has 1 aromatic heterocycles. The second-order valence-corrected chi connectivity index (χ2v) is 5.75. The predicted octanol–water partition coefficient (Wildman–Crippen LogP) is 2.71. The first kappa shape index (κ1) is 16.5. The minimum absolute atomic E-state index is 0.244. The lowest BCUT2D eigenvalue weighted by molar-refractivity contribution is 0.0906. The lowest BCUT2D eigenvalue weighted by atomic mass is 10.2. The molecule has 2 N–H and O–H groups in total. The number of methoxy groups -OCH3 is 1. The van der Waals surface area contributed by atoms with Crippen molar-refractivity contribution in [2.24, 2.45) is 0 Å². The smallest absolute Gasteiger partial charge is 0.270 e. The van der Waals surface area contributed by atoms with E-state index in [4.69, 9.17) is 4.74 Å². The van der Waals surface area contributed by atoms with Gasteiger partial charge in [0.15, 0.2) is 0 Å². The van der Waals surface area contributed by atoms with Gasteiger partial charge in [-0.15, -0.1) is 11.3 Å². The third-order valence-electron chi connectivity index (χ3n) is 3.19. The van der Waals surface area contributed by atoms with Crippen LogP contribution in [0.4, 0.5) is 0 Å². The van der Waals surface area contributed by atoms with Crippen LogP contribution in [-0.4, -0.2) is 35.8 Å². The van der Waals surface area contributed by atoms with E-state index in [0.29, 0.717) is 12.1 Å². The van der Waals surface area contributed by atoms with E-state index < -0.39 is 6.10 Å². The summed E-state index contributed by atoms with van der Waals surface area (Å²) in [5.74, 6) is 0.453. The lowest BCUT2D eigenvalue weighted by Gasteiger charge is -2.09. The first-order chi connectivity index (χ1) is 10.7. The maximum absolute atomic E-state index is 12.0. The number of carbonyl (C=O) groups excluding carboxylic acids is 1. The molecule has 1 aromatic carbocycles. The fourth-order valence-electron chi connectivity index (χ4n) is 2.06. The fourth-order valence-corrected chi connectivity index (χ4v) is 2.89. The van der Waals surface area contributed by atoms with Crippen LogP contribution in [0.25, 0.3) is 10.6 Å². The predicted molar refractivity (Wildman–Crippen MR) is 87.4 cm³/mol. The highest BCUT2D eigenvalue weighted by Gasteiger charge is 2.15. The zero-order chi connectivity index (χ0) is 15.9. The second kappa shape index (κ2) is 7.91. The summed E-state index contributed by atoms with van der Waals surface area (Å²) in [6.07, 6.45) is 1.04. The van der Waals surface area contributed by atoms with Gasteiger partial charge in [0.1, 0.15) is 16.5 Å². The number of carbonyl (C=O) groups is 1. The molecular weight excluding hydrogens is 300 g/mol. The minimum Gasteiger partial charge on any atom is -0.496 e. The number of ether oxygens (including phenoxy) is 1. The highest BCUT2D eigenvalue weighted by molar-refractivity contribution is 7.13. The molecule has 22 heavy (non-hydrogen) atoms. The second-order valence-electron chi connectivity index (χ2n) is 4.89. The lowest BCUT2D eigenvalue weighted by Crippen LogP contribution is -2.32. The Morgan fingerprint density at radius 1 is 1.45 bits per heavy atom. The summed E-state index contributed by atoms with van der Waals surface area (Å²) in [6.45, 7) is 2.24. The molecular formula is C16H20N2O3S. The largest absolute Gasteiger partial charge is 0.496 e. The number of rotatable bonds is 7. The number of nitrogens with zero attached hydrogens (tertiary/aromatic N) is 1. The van der Waals surface area contributed by atoms with Crippen LogP contribution in [0.2, 0.25) is 0 Å². The van der Waals surface area contributed by atoms with E-state index in [1.807, 2.05) is 31.2 Å².